The van der Waals surface area contributed by atoms with Gasteiger partial charge in [0.15, 0.2) is 5.82 Å². The van der Waals surface area contributed by atoms with E-state index in [9.17, 15) is 4.39 Å². The van der Waals surface area contributed by atoms with Crippen LogP contribution in [0.2, 0.25) is 0 Å². The molecule has 0 bridgehead atoms. The van der Waals surface area contributed by atoms with Gasteiger partial charge in [0.2, 0.25) is 0 Å². The summed E-state index contributed by atoms with van der Waals surface area (Å²) >= 11 is 0. The normalized spacial score (nSPS) is 12.6. The third-order valence-corrected chi connectivity index (χ3v) is 2.84. The summed E-state index contributed by atoms with van der Waals surface area (Å²) in [5.41, 5.74) is 6.70. The predicted molar refractivity (Wildman–Crippen MR) is 72.5 cm³/mol. The average Bonchev–Trinajstić information content (AvgIpc) is 2.91. The van der Waals surface area contributed by atoms with Crippen molar-refractivity contribution in [3.8, 4) is 11.5 Å². The predicted octanol–water partition coefficient (Wildman–Crippen LogP) is 2.61. The van der Waals surface area contributed by atoms with Gasteiger partial charge in [0.25, 0.3) is 5.89 Å². The van der Waals surface area contributed by atoms with Gasteiger partial charge in [0.1, 0.15) is 5.82 Å². The third-order valence-electron chi connectivity index (χ3n) is 2.84. The van der Waals surface area contributed by atoms with Gasteiger partial charge in [-0.3, -0.25) is 0 Å². The van der Waals surface area contributed by atoms with Crippen LogP contribution in [0.5, 0.6) is 0 Å². The topological polar surface area (TPSA) is 74.2 Å². The van der Waals surface area contributed by atoms with Crippen molar-refractivity contribution in [1.29, 1.82) is 0 Å². The number of aryl methyl sites for hydroxylation is 1. The first-order valence-electron chi connectivity index (χ1n) is 6.56. The van der Waals surface area contributed by atoms with Gasteiger partial charge in [-0.25, -0.2) is 4.39 Å². The van der Waals surface area contributed by atoms with Crippen LogP contribution in [-0.4, -0.2) is 23.4 Å². The molecule has 0 aliphatic heterocycles. The standard InChI is InChI=1S/C14H18FN3O2/c1-3-7-19-8-11(16)13-17-14(20-18-13)10-6-4-5-9(2)12(10)15/h4-6,11H,3,7-8,16H2,1-2H3. The maximum Gasteiger partial charge on any atom is 0.260 e. The van der Waals surface area contributed by atoms with E-state index in [2.05, 4.69) is 10.1 Å². The first-order valence-corrected chi connectivity index (χ1v) is 6.56. The molecule has 0 radical (unpaired) electrons. The van der Waals surface area contributed by atoms with Crippen LogP contribution in [0.1, 0.15) is 30.8 Å². The van der Waals surface area contributed by atoms with Gasteiger partial charge in [0, 0.05) is 6.61 Å². The number of benzene rings is 1. The molecule has 0 aliphatic carbocycles. The summed E-state index contributed by atoms with van der Waals surface area (Å²) in [6.07, 6.45) is 0.915. The van der Waals surface area contributed by atoms with Crippen molar-refractivity contribution in [2.24, 2.45) is 5.73 Å². The number of nitrogens with zero attached hydrogens (tertiary/aromatic N) is 2. The second-order valence-electron chi connectivity index (χ2n) is 4.58. The molecule has 5 nitrogen and oxygen atoms in total. The molecule has 108 valence electrons. The van der Waals surface area contributed by atoms with Crippen molar-refractivity contribution in [2.45, 2.75) is 26.3 Å². The molecule has 6 heteroatoms. The molecule has 0 amide bonds. The summed E-state index contributed by atoms with van der Waals surface area (Å²) in [5.74, 6) is 0.0858. The molecule has 1 aromatic carbocycles. The molecule has 0 saturated heterocycles. The summed E-state index contributed by atoms with van der Waals surface area (Å²) in [7, 11) is 0. The molecular formula is C14H18FN3O2. The number of hydrogen-bond acceptors (Lipinski definition) is 5. The lowest BCUT2D eigenvalue weighted by molar-refractivity contribution is 0.119. The summed E-state index contributed by atoms with van der Waals surface area (Å²) in [5, 5.41) is 3.78. The van der Waals surface area contributed by atoms with Gasteiger partial charge in [-0.2, -0.15) is 4.98 Å². The van der Waals surface area contributed by atoms with Crippen LogP contribution in [0.15, 0.2) is 22.7 Å². The highest BCUT2D eigenvalue weighted by atomic mass is 19.1. The molecule has 1 unspecified atom stereocenters. The number of ether oxygens (including phenoxy) is 1. The van der Waals surface area contributed by atoms with Gasteiger partial charge < -0.3 is 15.0 Å². The van der Waals surface area contributed by atoms with Crippen LogP contribution in [0.3, 0.4) is 0 Å². The summed E-state index contributed by atoms with van der Waals surface area (Å²) < 4.78 is 24.4. The molecule has 0 saturated carbocycles. The van der Waals surface area contributed by atoms with Gasteiger partial charge in [0.05, 0.1) is 18.2 Å². The van der Waals surface area contributed by atoms with Gasteiger partial charge in [-0.15, -0.1) is 0 Å². The van der Waals surface area contributed by atoms with Crippen LogP contribution in [0.4, 0.5) is 4.39 Å². The molecule has 0 fully saturated rings. The number of nitrogens with two attached hydrogens (primary N) is 1. The quantitative estimate of drug-likeness (QED) is 0.823. The Labute approximate surface area is 116 Å². The molecule has 1 atom stereocenters. The molecular weight excluding hydrogens is 261 g/mol. The maximum absolute atomic E-state index is 14.0. The Morgan fingerprint density at radius 2 is 2.25 bits per heavy atom. The van der Waals surface area contributed by atoms with E-state index in [4.69, 9.17) is 15.0 Å². The zero-order valence-electron chi connectivity index (χ0n) is 11.6. The van der Waals surface area contributed by atoms with Crippen molar-refractivity contribution in [1.82, 2.24) is 10.1 Å². The van der Waals surface area contributed by atoms with E-state index >= 15 is 0 Å². The third kappa shape index (κ3) is 3.20. The number of aromatic nitrogens is 2. The second kappa shape index (κ2) is 6.58. The zero-order chi connectivity index (χ0) is 14.5. The van der Waals surface area contributed by atoms with E-state index in [1.807, 2.05) is 6.92 Å². The van der Waals surface area contributed by atoms with E-state index < -0.39 is 6.04 Å². The highest BCUT2D eigenvalue weighted by molar-refractivity contribution is 5.55. The SMILES string of the molecule is CCCOCC(N)c1noc(-c2cccc(C)c2F)n1. The fraction of sp³-hybridized carbons (Fsp3) is 0.429. The number of rotatable bonds is 6. The summed E-state index contributed by atoms with van der Waals surface area (Å²) in [6.45, 7) is 4.63. The molecule has 20 heavy (non-hydrogen) atoms. The van der Waals surface area contributed by atoms with Crippen LogP contribution in [-0.2, 0) is 4.74 Å². The van der Waals surface area contributed by atoms with E-state index in [0.29, 0.717) is 24.6 Å². The minimum atomic E-state index is -0.480. The molecule has 2 aromatic rings. The van der Waals surface area contributed by atoms with Crippen LogP contribution in [0, 0.1) is 12.7 Å². The van der Waals surface area contributed by atoms with Crippen molar-refractivity contribution < 1.29 is 13.7 Å². The first kappa shape index (κ1) is 14.6. The Kier molecular flexibility index (Phi) is 4.81. The van der Waals surface area contributed by atoms with E-state index in [1.165, 1.54) is 0 Å². The van der Waals surface area contributed by atoms with Crippen molar-refractivity contribution in [3.05, 3.63) is 35.4 Å². The van der Waals surface area contributed by atoms with Crippen molar-refractivity contribution in [2.75, 3.05) is 13.2 Å². The molecule has 2 rings (SSSR count). The Morgan fingerprint density at radius 1 is 1.45 bits per heavy atom. The van der Waals surface area contributed by atoms with Crippen molar-refractivity contribution >= 4 is 0 Å². The minimum absolute atomic E-state index is 0.132. The Morgan fingerprint density at radius 3 is 3.00 bits per heavy atom. The van der Waals surface area contributed by atoms with Gasteiger partial charge in [-0.05, 0) is 25.0 Å². The fourth-order valence-electron chi connectivity index (χ4n) is 1.74. The average molecular weight is 279 g/mol. The van der Waals surface area contributed by atoms with E-state index in [-0.39, 0.29) is 17.3 Å². The smallest absolute Gasteiger partial charge is 0.260 e. The largest absolute Gasteiger partial charge is 0.379 e. The maximum atomic E-state index is 14.0. The second-order valence-corrected chi connectivity index (χ2v) is 4.58. The molecule has 0 aliphatic rings. The zero-order valence-corrected chi connectivity index (χ0v) is 11.6. The Hall–Kier alpha value is -1.79. The van der Waals surface area contributed by atoms with E-state index in [1.54, 1.807) is 25.1 Å². The van der Waals surface area contributed by atoms with Gasteiger partial charge >= 0.3 is 0 Å². The Bertz CT molecular complexity index is 571. The lowest BCUT2D eigenvalue weighted by Crippen LogP contribution is -2.18. The lowest BCUT2D eigenvalue weighted by atomic mass is 10.1. The molecule has 2 N–H and O–H groups in total. The minimum Gasteiger partial charge on any atom is -0.379 e. The number of halogens is 1. The number of hydrogen-bond donors (Lipinski definition) is 1. The summed E-state index contributed by atoms with van der Waals surface area (Å²) in [4.78, 5) is 4.14. The summed E-state index contributed by atoms with van der Waals surface area (Å²) in [6, 6.07) is 4.54. The highest BCUT2D eigenvalue weighted by Crippen LogP contribution is 2.23. The van der Waals surface area contributed by atoms with Crippen LogP contribution >= 0.6 is 0 Å². The lowest BCUT2D eigenvalue weighted by Gasteiger charge is -2.06. The van der Waals surface area contributed by atoms with Crippen LogP contribution in [0.25, 0.3) is 11.5 Å². The monoisotopic (exact) mass is 279 g/mol. The Balaban J connectivity index is 2.14. The molecule has 0 spiro atoms. The highest BCUT2D eigenvalue weighted by Gasteiger charge is 2.18. The van der Waals surface area contributed by atoms with Crippen molar-refractivity contribution in [3.63, 3.8) is 0 Å². The molecule has 1 heterocycles. The first-order chi connectivity index (χ1) is 9.63. The fourth-order valence-corrected chi connectivity index (χ4v) is 1.74. The van der Waals surface area contributed by atoms with Crippen LogP contribution < -0.4 is 5.73 Å². The molecule has 1 aromatic heterocycles. The van der Waals surface area contributed by atoms with E-state index in [0.717, 1.165) is 6.42 Å². The van der Waals surface area contributed by atoms with Gasteiger partial charge in [-0.1, -0.05) is 24.2 Å².